The Bertz CT molecular complexity index is 423. The largest absolute Gasteiger partial charge is 0.496 e. The number of carbonyl (C=O) groups is 1. The number of hydrogen-bond acceptors (Lipinski definition) is 5. The average molecular weight is 225 g/mol. The van der Waals surface area contributed by atoms with Gasteiger partial charge in [0.25, 0.3) is 0 Å². The minimum atomic E-state index is -0.362. The van der Waals surface area contributed by atoms with E-state index in [1.54, 1.807) is 19.3 Å². The van der Waals surface area contributed by atoms with Crippen molar-refractivity contribution in [1.29, 1.82) is 0 Å². The predicted molar refractivity (Wildman–Crippen MR) is 58.5 cm³/mol. The van der Waals surface area contributed by atoms with Crippen LogP contribution < -0.4 is 5.73 Å². The first-order valence-electron chi connectivity index (χ1n) is 4.60. The summed E-state index contributed by atoms with van der Waals surface area (Å²) in [6.07, 6.45) is 3.31. The van der Waals surface area contributed by atoms with E-state index in [0.717, 1.165) is 10.4 Å². The van der Waals surface area contributed by atoms with Gasteiger partial charge in [-0.25, -0.2) is 4.79 Å². The Hall–Kier alpha value is -1.49. The van der Waals surface area contributed by atoms with E-state index in [4.69, 9.17) is 15.2 Å². The Morgan fingerprint density at radius 3 is 3.27 bits per heavy atom. The fourth-order valence-electron chi connectivity index (χ4n) is 1.45. The molecule has 0 bridgehead atoms. The van der Waals surface area contributed by atoms with E-state index in [1.165, 1.54) is 11.3 Å². The zero-order valence-electron chi connectivity index (χ0n) is 8.28. The third-order valence-corrected chi connectivity index (χ3v) is 3.08. The second-order valence-corrected chi connectivity index (χ2v) is 4.15. The number of rotatable bonds is 2. The summed E-state index contributed by atoms with van der Waals surface area (Å²) >= 11 is 1.37. The summed E-state index contributed by atoms with van der Waals surface area (Å²) in [6.45, 7) is 2.59. The highest BCUT2D eigenvalue weighted by atomic mass is 32.1. The van der Waals surface area contributed by atoms with Crippen LogP contribution in [0.2, 0.25) is 0 Å². The molecule has 2 N–H and O–H groups in total. The maximum Gasteiger partial charge on any atom is 0.341 e. The molecule has 80 valence electrons. The van der Waals surface area contributed by atoms with Gasteiger partial charge in [0.1, 0.15) is 17.2 Å². The second kappa shape index (κ2) is 3.94. The lowest BCUT2D eigenvalue weighted by Gasteiger charge is -2.07. The van der Waals surface area contributed by atoms with E-state index in [0.29, 0.717) is 23.8 Å². The molecular weight excluding hydrogens is 214 g/mol. The highest BCUT2D eigenvalue weighted by Gasteiger charge is 2.23. The van der Waals surface area contributed by atoms with E-state index in [9.17, 15) is 4.79 Å². The number of esters is 1. The van der Waals surface area contributed by atoms with Crippen molar-refractivity contribution in [1.82, 2.24) is 0 Å². The minimum absolute atomic E-state index is 0.350. The molecule has 0 spiro atoms. The molecule has 4 nitrogen and oxygen atoms in total. The highest BCUT2D eigenvalue weighted by Crippen LogP contribution is 2.35. The second-order valence-electron chi connectivity index (χ2n) is 3.01. The molecule has 1 aromatic heterocycles. The van der Waals surface area contributed by atoms with E-state index >= 15 is 0 Å². The molecule has 1 aromatic rings. The van der Waals surface area contributed by atoms with E-state index in [-0.39, 0.29) is 5.97 Å². The lowest BCUT2D eigenvalue weighted by Crippen LogP contribution is -2.08. The number of ether oxygens (including phenoxy) is 2. The van der Waals surface area contributed by atoms with Crippen molar-refractivity contribution in [2.75, 3.05) is 12.3 Å². The summed E-state index contributed by atoms with van der Waals surface area (Å²) in [5.74, 6) is -0.362. The fraction of sp³-hybridized carbons (Fsp3) is 0.300. The summed E-state index contributed by atoms with van der Waals surface area (Å²) in [7, 11) is 0. The van der Waals surface area contributed by atoms with Gasteiger partial charge in [-0.2, -0.15) is 0 Å². The fourth-order valence-corrected chi connectivity index (χ4v) is 2.42. The lowest BCUT2D eigenvalue weighted by molar-refractivity contribution is 0.0527. The first-order chi connectivity index (χ1) is 7.24. The number of nitrogens with two attached hydrogens (primary N) is 1. The van der Waals surface area contributed by atoms with E-state index in [2.05, 4.69) is 0 Å². The van der Waals surface area contributed by atoms with Gasteiger partial charge in [0.2, 0.25) is 0 Å². The van der Waals surface area contributed by atoms with Crippen LogP contribution in [0.25, 0.3) is 6.08 Å². The summed E-state index contributed by atoms with van der Waals surface area (Å²) < 4.78 is 10.1. The molecule has 2 rings (SSSR count). The van der Waals surface area contributed by atoms with Crippen molar-refractivity contribution < 1.29 is 14.3 Å². The van der Waals surface area contributed by atoms with Crippen molar-refractivity contribution in [3.63, 3.8) is 0 Å². The zero-order valence-corrected chi connectivity index (χ0v) is 9.10. The summed E-state index contributed by atoms with van der Waals surface area (Å²) in [6, 6.07) is 0. The van der Waals surface area contributed by atoms with Crippen LogP contribution in [0.4, 0.5) is 5.00 Å². The number of anilines is 1. The first kappa shape index (κ1) is 10.0. The van der Waals surface area contributed by atoms with Crippen LogP contribution >= 0.6 is 11.3 Å². The van der Waals surface area contributed by atoms with Crippen LogP contribution in [-0.4, -0.2) is 12.6 Å². The van der Waals surface area contributed by atoms with Crippen LogP contribution in [0.1, 0.15) is 27.7 Å². The Morgan fingerprint density at radius 2 is 2.53 bits per heavy atom. The van der Waals surface area contributed by atoms with Crippen LogP contribution in [0.15, 0.2) is 6.26 Å². The molecule has 1 aliphatic heterocycles. The van der Waals surface area contributed by atoms with Gasteiger partial charge in [0.05, 0.1) is 17.7 Å². The van der Waals surface area contributed by atoms with E-state index < -0.39 is 0 Å². The maximum atomic E-state index is 11.6. The average Bonchev–Trinajstić information content (AvgIpc) is 2.54. The van der Waals surface area contributed by atoms with Gasteiger partial charge in [-0.1, -0.05) is 0 Å². The van der Waals surface area contributed by atoms with Crippen LogP contribution in [0, 0.1) is 0 Å². The third-order valence-electron chi connectivity index (χ3n) is 2.07. The molecule has 1 aliphatic rings. The predicted octanol–water partition coefficient (Wildman–Crippen LogP) is 2.01. The van der Waals surface area contributed by atoms with Gasteiger partial charge in [-0.3, -0.25) is 0 Å². The molecule has 0 aliphatic carbocycles. The first-order valence-corrected chi connectivity index (χ1v) is 5.42. The molecular formula is C10H11NO3S. The smallest absolute Gasteiger partial charge is 0.341 e. The number of hydrogen-bond donors (Lipinski definition) is 1. The molecule has 2 heterocycles. The molecule has 0 amide bonds. The number of fused-ring (bicyclic) bond motifs is 1. The zero-order chi connectivity index (χ0) is 10.8. The van der Waals surface area contributed by atoms with Crippen molar-refractivity contribution in [3.8, 4) is 0 Å². The lowest BCUT2D eigenvalue weighted by atomic mass is 10.1. The van der Waals surface area contributed by atoms with Crippen LogP contribution in [0.5, 0.6) is 0 Å². The van der Waals surface area contributed by atoms with Gasteiger partial charge in [-0.05, 0) is 13.0 Å². The molecule has 0 atom stereocenters. The molecule has 5 heteroatoms. The van der Waals surface area contributed by atoms with E-state index in [1.807, 2.05) is 0 Å². The Kier molecular flexibility index (Phi) is 2.64. The molecule has 0 radical (unpaired) electrons. The topological polar surface area (TPSA) is 61.5 Å². The third kappa shape index (κ3) is 1.70. The van der Waals surface area contributed by atoms with Crippen LogP contribution in [0.3, 0.4) is 0 Å². The Morgan fingerprint density at radius 1 is 1.73 bits per heavy atom. The monoisotopic (exact) mass is 225 g/mol. The maximum absolute atomic E-state index is 11.6. The summed E-state index contributed by atoms with van der Waals surface area (Å²) in [5, 5.41) is 0.494. The normalized spacial score (nSPS) is 13.1. The number of carbonyl (C=O) groups excluding carboxylic acids is 1. The van der Waals surface area contributed by atoms with Crippen molar-refractivity contribution in [2.45, 2.75) is 13.5 Å². The molecule has 15 heavy (non-hydrogen) atoms. The van der Waals surface area contributed by atoms with Crippen LogP contribution in [-0.2, 0) is 16.1 Å². The Balaban J connectivity index is 2.43. The molecule has 0 saturated carbocycles. The quantitative estimate of drug-likeness (QED) is 0.782. The SMILES string of the molecule is CCOC(=O)c1c(N)sc2c1C=COC2. The summed E-state index contributed by atoms with van der Waals surface area (Å²) in [5.41, 5.74) is 7.08. The van der Waals surface area contributed by atoms with Gasteiger partial charge in [-0.15, -0.1) is 11.3 Å². The molecule has 0 saturated heterocycles. The van der Waals surface area contributed by atoms with Gasteiger partial charge in [0.15, 0.2) is 0 Å². The van der Waals surface area contributed by atoms with Gasteiger partial charge < -0.3 is 15.2 Å². The minimum Gasteiger partial charge on any atom is -0.496 e. The number of nitrogen functional groups attached to an aromatic ring is 1. The van der Waals surface area contributed by atoms with Crippen molar-refractivity contribution in [3.05, 3.63) is 22.3 Å². The van der Waals surface area contributed by atoms with Gasteiger partial charge in [0, 0.05) is 5.56 Å². The molecule has 0 fully saturated rings. The van der Waals surface area contributed by atoms with Gasteiger partial charge >= 0.3 is 5.97 Å². The van der Waals surface area contributed by atoms with Crippen molar-refractivity contribution >= 4 is 28.4 Å². The molecule has 0 aromatic carbocycles. The van der Waals surface area contributed by atoms with Crippen molar-refractivity contribution in [2.24, 2.45) is 0 Å². The molecule has 0 unspecified atom stereocenters. The highest BCUT2D eigenvalue weighted by molar-refractivity contribution is 7.16. The number of thiophene rings is 1. The Labute approximate surface area is 91.3 Å². The summed E-state index contributed by atoms with van der Waals surface area (Å²) in [4.78, 5) is 12.6. The standard InChI is InChI=1S/C10H11NO3S/c1-2-14-10(12)8-6-3-4-13-5-7(6)15-9(8)11/h3-4H,2,5,11H2,1H3.